The zero-order valence-electron chi connectivity index (χ0n) is 29.0. The molecule has 2 unspecified atom stereocenters. The van der Waals surface area contributed by atoms with E-state index in [1.807, 2.05) is 18.2 Å². The number of benzene rings is 1. The van der Waals surface area contributed by atoms with Crippen LogP contribution in [-0.4, -0.2) is 29.7 Å². The van der Waals surface area contributed by atoms with E-state index in [4.69, 9.17) is 4.74 Å². The van der Waals surface area contributed by atoms with Gasteiger partial charge in [0, 0.05) is 29.7 Å². The minimum atomic E-state index is -0.266. The Morgan fingerprint density at radius 1 is 1.15 bits per heavy atom. The first kappa shape index (κ1) is 35.0. The van der Waals surface area contributed by atoms with Crippen molar-refractivity contribution in [3.8, 4) is 0 Å². The Hall–Kier alpha value is -3.89. The van der Waals surface area contributed by atoms with Crippen LogP contribution < -0.4 is 5.32 Å². The monoisotopic (exact) mass is 618 g/mol. The lowest BCUT2D eigenvalue weighted by atomic mass is 9.90. The van der Waals surface area contributed by atoms with Gasteiger partial charge in [-0.2, -0.15) is 0 Å². The molecule has 4 rings (SSSR count). The third kappa shape index (κ3) is 8.88. The van der Waals surface area contributed by atoms with Gasteiger partial charge in [-0.05, 0) is 117 Å². The van der Waals surface area contributed by atoms with Crippen LogP contribution in [0.25, 0.3) is 22.0 Å². The van der Waals surface area contributed by atoms with Crippen molar-refractivity contribution in [1.82, 2.24) is 9.88 Å². The second-order valence-electron chi connectivity index (χ2n) is 12.6. The molecule has 244 valence electrons. The summed E-state index contributed by atoms with van der Waals surface area (Å²) in [6.45, 7) is 19.6. The van der Waals surface area contributed by atoms with Crippen LogP contribution in [-0.2, 0) is 16.1 Å². The highest BCUT2D eigenvalue weighted by Crippen LogP contribution is 2.40. The second-order valence-corrected chi connectivity index (χ2v) is 12.6. The lowest BCUT2D eigenvalue weighted by Gasteiger charge is -2.15. The topological polar surface area (TPSA) is 43.3 Å². The maximum atomic E-state index is 13.5. The number of unbranched alkanes of at least 4 members (excludes halogenated alkanes) is 2. The fourth-order valence-electron chi connectivity index (χ4n) is 6.37. The quantitative estimate of drug-likeness (QED) is 0.0935. The third-order valence-corrected chi connectivity index (χ3v) is 8.92. The summed E-state index contributed by atoms with van der Waals surface area (Å²) in [5, 5.41) is 4.58. The van der Waals surface area contributed by atoms with Crippen molar-refractivity contribution in [3.63, 3.8) is 0 Å². The van der Waals surface area contributed by atoms with Crippen LogP contribution in [0.1, 0.15) is 91.2 Å². The van der Waals surface area contributed by atoms with Gasteiger partial charge in [0.25, 0.3) is 0 Å². The van der Waals surface area contributed by atoms with Crippen LogP contribution in [0.3, 0.4) is 0 Å². The Morgan fingerprint density at radius 3 is 2.67 bits per heavy atom. The summed E-state index contributed by atoms with van der Waals surface area (Å²) in [5.74, 6) is 0.0702. The molecule has 2 aromatic rings. The Labute approximate surface area is 277 Å². The van der Waals surface area contributed by atoms with E-state index in [2.05, 4.69) is 119 Å². The lowest BCUT2D eigenvalue weighted by molar-refractivity contribution is -0.139. The Kier molecular flexibility index (Phi) is 13.0. The summed E-state index contributed by atoms with van der Waals surface area (Å²) >= 11 is 0. The number of hydrogen-bond acceptors (Lipinski definition) is 3. The van der Waals surface area contributed by atoms with Crippen LogP contribution in [0.4, 0.5) is 0 Å². The number of hydrogen-bond donors (Lipinski definition) is 1. The zero-order valence-corrected chi connectivity index (χ0v) is 29.0. The predicted molar refractivity (Wildman–Crippen MR) is 198 cm³/mol. The molecular weight excluding hydrogens is 564 g/mol. The third-order valence-electron chi connectivity index (χ3n) is 8.92. The van der Waals surface area contributed by atoms with Gasteiger partial charge in [-0.1, -0.05) is 94.4 Å². The van der Waals surface area contributed by atoms with Crippen LogP contribution in [0.15, 0.2) is 108 Å². The molecule has 4 nitrogen and oxygen atoms in total. The minimum absolute atomic E-state index is 0.239. The number of ether oxygens (including phenoxy) is 1. The molecule has 1 aromatic heterocycles. The standard InChI is InChI=1S/C42H54N2O2/c1-8-12-13-19-34(42(45)46-29-36-20-15-22-43-36)26-33(10-3)40-27-35(28-41-37(40)21-23-44(41)11-4)39-25-31(6)24-38(39)32(7)18-14-17-30(5)16-9-2/h10,14,16-19,21,23-28,31,36,43H,3,8-9,11-13,15,20,22,29H2,1-2,4-7H3/b17-14-,30-16+,32-18+,33-26+,34-19+. The molecule has 1 aromatic carbocycles. The summed E-state index contributed by atoms with van der Waals surface area (Å²) in [4.78, 5) is 13.5. The maximum absolute atomic E-state index is 13.5. The van der Waals surface area contributed by atoms with E-state index in [1.54, 1.807) is 0 Å². The summed E-state index contributed by atoms with van der Waals surface area (Å²) in [5.41, 5.74) is 9.96. The van der Waals surface area contributed by atoms with Crippen LogP contribution in [0.5, 0.6) is 0 Å². The largest absolute Gasteiger partial charge is 0.460 e. The van der Waals surface area contributed by atoms with Crippen molar-refractivity contribution in [2.45, 2.75) is 92.7 Å². The van der Waals surface area contributed by atoms with E-state index < -0.39 is 0 Å². The lowest BCUT2D eigenvalue weighted by Crippen LogP contribution is -2.28. The van der Waals surface area contributed by atoms with E-state index in [1.165, 1.54) is 33.4 Å². The normalized spacial score (nSPS) is 19.7. The van der Waals surface area contributed by atoms with Crippen molar-refractivity contribution in [2.75, 3.05) is 13.2 Å². The number of fused-ring (bicyclic) bond motifs is 1. The Bertz CT molecular complexity index is 1610. The first-order chi connectivity index (χ1) is 22.3. The van der Waals surface area contributed by atoms with Gasteiger partial charge < -0.3 is 14.6 Å². The Balaban J connectivity index is 1.77. The number of rotatable bonds is 15. The first-order valence-corrected chi connectivity index (χ1v) is 17.3. The van der Waals surface area contributed by atoms with Gasteiger partial charge in [0.05, 0.1) is 5.57 Å². The molecule has 0 spiro atoms. The second kappa shape index (κ2) is 17.1. The number of aromatic nitrogens is 1. The van der Waals surface area contributed by atoms with Gasteiger partial charge >= 0.3 is 5.97 Å². The molecule has 1 aliphatic heterocycles. The SMILES string of the molecule is C=C/C(=C\C(=C/CCCC)C(=O)OCC1CCCN1)c1cc(C2=CC(C)C=C2/C(C)=C/C=C\C(C)=C\CC)cc2c1ccn2CC. The summed E-state index contributed by atoms with van der Waals surface area (Å²) in [6.07, 6.45) is 27.7. The van der Waals surface area contributed by atoms with Gasteiger partial charge in [0.15, 0.2) is 0 Å². The molecule has 0 radical (unpaired) electrons. The number of nitrogens with one attached hydrogen (secondary N) is 1. The molecule has 1 aliphatic carbocycles. The number of allylic oxidation sites excluding steroid dienone is 13. The molecule has 0 bridgehead atoms. The van der Waals surface area contributed by atoms with Gasteiger partial charge in [-0.3, -0.25) is 0 Å². The molecule has 2 atom stereocenters. The van der Waals surface area contributed by atoms with E-state index >= 15 is 0 Å². The number of aryl methyl sites for hydroxylation is 1. The fraction of sp³-hybridized carbons (Fsp3) is 0.405. The molecule has 46 heavy (non-hydrogen) atoms. The zero-order chi connectivity index (χ0) is 33.1. The van der Waals surface area contributed by atoms with E-state index in [9.17, 15) is 4.79 Å². The first-order valence-electron chi connectivity index (χ1n) is 17.3. The highest BCUT2D eigenvalue weighted by atomic mass is 16.5. The van der Waals surface area contributed by atoms with Crippen molar-refractivity contribution in [1.29, 1.82) is 0 Å². The van der Waals surface area contributed by atoms with Crippen molar-refractivity contribution >= 4 is 28.0 Å². The van der Waals surface area contributed by atoms with E-state index in [0.29, 0.717) is 18.1 Å². The van der Waals surface area contributed by atoms with Crippen molar-refractivity contribution in [3.05, 3.63) is 119 Å². The number of nitrogens with zero attached hydrogens (tertiary/aromatic N) is 1. The van der Waals surface area contributed by atoms with E-state index in [0.717, 1.165) is 68.1 Å². The molecule has 0 saturated carbocycles. The molecule has 4 heteroatoms. The molecule has 2 aliphatic rings. The summed E-state index contributed by atoms with van der Waals surface area (Å²) in [6, 6.07) is 7.02. The molecule has 1 saturated heterocycles. The smallest absolute Gasteiger partial charge is 0.337 e. The average Bonchev–Trinajstić information content (AvgIpc) is 3.81. The average molecular weight is 619 g/mol. The Morgan fingerprint density at radius 2 is 1.98 bits per heavy atom. The molecule has 0 amide bonds. The van der Waals surface area contributed by atoms with Gasteiger partial charge in [-0.25, -0.2) is 4.79 Å². The number of esters is 1. The van der Waals surface area contributed by atoms with Gasteiger partial charge in [-0.15, -0.1) is 0 Å². The number of carbonyl (C=O) groups is 1. The van der Waals surface area contributed by atoms with Crippen LogP contribution in [0, 0.1) is 5.92 Å². The van der Waals surface area contributed by atoms with Gasteiger partial charge in [0.2, 0.25) is 0 Å². The molecule has 1 fully saturated rings. The molecule has 1 N–H and O–H groups in total. The van der Waals surface area contributed by atoms with Crippen molar-refractivity contribution in [2.24, 2.45) is 5.92 Å². The minimum Gasteiger partial charge on any atom is -0.460 e. The number of carbonyl (C=O) groups excluding carboxylic acids is 1. The summed E-state index contributed by atoms with van der Waals surface area (Å²) in [7, 11) is 0. The highest BCUT2D eigenvalue weighted by Gasteiger charge is 2.22. The van der Waals surface area contributed by atoms with E-state index in [-0.39, 0.29) is 12.0 Å². The summed E-state index contributed by atoms with van der Waals surface area (Å²) < 4.78 is 8.13. The van der Waals surface area contributed by atoms with Crippen LogP contribution in [0.2, 0.25) is 0 Å². The van der Waals surface area contributed by atoms with Gasteiger partial charge in [0.1, 0.15) is 6.61 Å². The maximum Gasteiger partial charge on any atom is 0.337 e. The predicted octanol–water partition coefficient (Wildman–Crippen LogP) is 10.5. The van der Waals surface area contributed by atoms with Crippen molar-refractivity contribution < 1.29 is 9.53 Å². The molecule has 2 heterocycles. The highest BCUT2D eigenvalue weighted by molar-refractivity contribution is 6.02. The fourth-order valence-corrected chi connectivity index (χ4v) is 6.37. The van der Waals surface area contributed by atoms with Crippen LogP contribution >= 0.6 is 0 Å². The molecular formula is C42H54N2O2.